The van der Waals surface area contributed by atoms with Crippen molar-refractivity contribution in [3.8, 4) is 0 Å². The molecule has 0 spiro atoms. The summed E-state index contributed by atoms with van der Waals surface area (Å²) in [5.74, 6) is -1.66. The number of carbonyl (C=O) groups is 2. The van der Waals surface area contributed by atoms with Gasteiger partial charge in [0.25, 0.3) is 0 Å². The third-order valence-electron chi connectivity index (χ3n) is 3.74. The van der Waals surface area contributed by atoms with E-state index in [0.717, 1.165) is 19.3 Å². The van der Waals surface area contributed by atoms with E-state index in [4.69, 9.17) is 10.2 Å². The lowest BCUT2D eigenvalue weighted by Crippen LogP contribution is -2.43. The fourth-order valence-corrected chi connectivity index (χ4v) is 3.06. The van der Waals surface area contributed by atoms with Gasteiger partial charge in [0.15, 0.2) is 5.41 Å². The number of carboxylic acids is 2. The second kappa shape index (κ2) is 2.97. The zero-order chi connectivity index (χ0) is 10.3. The van der Waals surface area contributed by atoms with Gasteiger partial charge in [-0.15, -0.1) is 0 Å². The average Bonchev–Trinajstić information content (AvgIpc) is 2.44. The van der Waals surface area contributed by atoms with Crippen LogP contribution in [0.4, 0.5) is 0 Å². The zero-order valence-corrected chi connectivity index (χ0v) is 7.90. The minimum Gasteiger partial charge on any atom is -0.480 e. The number of hydrogen-bond donors (Lipinski definition) is 2. The van der Waals surface area contributed by atoms with E-state index in [1.165, 1.54) is 0 Å². The van der Waals surface area contributed by atoms with Crippen LogP contribution in [0.25, 0.3) is 0 Å². The number of rotatable bonds is 2. The summed E-state index contributed by atoms with van der Waals surface area (Å²) in [5, 5.41) is 18.1. The van der Waals surface area contributed by atoms with Crippen LogP contribution in [-0.2, 0) is 9.59 Å². The van der Waals surface area contributed by atoms with Crippen molar-refractivity contribution >= 4 is 11.9 Å². The molecule has 14 heavy (non-hydrogen) atoms. The van der Waals surface area contributed by atoms with Crippen LogP contribution < -0.4 is 0 Å². The molecule has 2 N–H and O–H groups in total. The minimum atomic E-state index is -1.48. The third-order valence-corrected chi connectivity index (χ3v) is 3.74. The number of aliphatic carboxylic acids is 2. The molecule has 2 fully saturated rings. The molecule has 2 aliphatic rings. The summed E-state index contributed by atoms with van der Waals surface area (Å²) in [5.41, 5.74) is -1.48. The molecule has 78 valence electrons. The number of fused-ring (bicyclic) bond motifs is 2. The van der Waals surface area contributed by atoms with E-state index in [-0.39, 0.29) is 0 Å². The second-order valence-electron chi connectivity index (χ2n) is 4.65. The highest BCUT2D eigenvalue weighted by molar-refractivity contribution is 5.98. The van der Waals surface area contributed by atoms with Gasteiger partial charge < -0.3 is 10.2 Å². The summed E-state index contributed by atoms with van der Waals surface area (Å²) in [6.45, 7) is 0. The molecule has 4 heteroatoms. The molecule has 0 radical (unpaired) electrons. The van der Waals surface area contributed by atoms with Crippen LogP contribution >= 0.6 is 0 Å². The maximum Gasteiger partial charge on any atom is 0.321 e. The summed E-state index contributed by atoms with van der Waals surface area (Å²) in [6.07, 6.45) is 3.70. The molecular formula is C10H14O4. The summed E-state index contributed by atoms with van der Waals surface area (Å²) in [6, 6.07) is 0. The molecule has 2 atom stereocenters. The largest absolute Gasteiger partial charge is 0.480 e. The van der Waals surface area contributed by atoms with Crippen LogP contribution in [-0.4, -0.2) is 22.2 Å². The highest BCUT2D eigenvalue weighted by Gasteiger charge is 2.54. The van der Waals surface area contributed by atoms with Gasteiger partial charge in [-0.3, -0.25) is 9.59 Å². The molecule has 0 saturated heterocycles. The first kappa shape index (κ1) is 9.49. The quantitative estimate of drug-likeness (QED) is 0.657. The predicted molar refractivity (Wildman–Crippen MR) is 47.8 cm³/mol. The smallest absolute Gasteiger partial charge is 0.321 e. The lowest BCUT2D eigenvalue weighted by atomic mass is 9.69. The lowest BCUT2D eigenvalue weighted by molar-refractivity contribution is -0.169. The molecule has 2 aliphatic carbocycles. The molecule has 0 amide bonds. The summed E-state index contributed by atoms with van der Waals surface area (Å²) >= 11 is 0. The van der Waals surface area contributed by atoms with Gasteiger partial charge in [-0.05, 0) is 31.1 Å². The molecule has 2 bridgehead atoms. The Kier molecular flexibility index (Phi) is 2.01. The van der Waals surface area contributed by atoms with Crippen LogP contribution in [0.15, 0.2) is 0 Å². The number of carboxylic acid groups (broad SMARTS) is 2. The normalized spacial score (nSPS) is 34.0. The molecule has 2 unspecified atom stereocenters. The van der Waals surface area contributed by atoms with E-state index in [1.54, 1.807) is 0 Å². The first-order chi connectivity index (χ1) is 6.54. The van der Waals surface area contributed by atoms with Crippen LogP contribution in [0.1, 0.15) is 32.1 Å². The van der Waals surface area contributed by atoms with E-state index < -0.39 is 17.4 Å². The summed E-state index contributed by atoms with van der Waals surface area (Å²) < 4.78 is 0. The van der Waals surface area contributed by atoms with Gasteiger partial charge in [0, 0.05) is 0 Å². The Bertz CT molecular complexity index is 256. The fraction of sp³-hybridized carbons (Fsp3) is 0.800. The van der Waals surface area contributed by atoms with Gasteiger partial charge in [0.2, 0.25) is 0 Å². The maximum absolute atomic E-state index is 11.1. The fourth-order valence-electron chi connectivity index (χ4n) is 3.06. The van der Waals surface area contributed by atoms with Crippen LogP contribution in [0.5, 0.6) is 0 Å². The van der Waals surface area contributed by atoms with E-state index in [2.05, 4.69) is 0 Å². The monoisotopic (exact) mass is 198 g/mol. The molecular weight excluding hydrogens is 184 g/mol. The lowest BCUT2D eigenvalue weighted by Gasteiger charge is -2.33. The average molecular weight is 198 g/mol. The van der Waals surface area contributed by atoms with Gasteiger partial charge >= 0.3 is 11.9 Å². The molecule has 0 aliphatic heterocycles. The molecule has 0 aromatic heterocycles. The maximum atomic E-state index is 11.1. The Morgan fingerprint density at radius 2 is 1.43 bits per heavy atom. The standard InChI is InChI=1S/C10H14O4/c11-8(12)10(9(13)14)4-6-1-2-7(3-6)5-10/h6-7H,1-5H2,(H,11,12)(H,13,14). The van der Waals surface area contributed by atoms with Gasteiger partial charge in [-0.25, -0.2) is 0 Å². The topological polar surface area (TPSA) is 74.6 Å². The van der Waals surface area contributed by atoms with Crippen molar-refractivity contribution in [3.63, 3.8) is 0 Å². The second-order valence-corrected chi connectivity index (χ2v) is 4.65. The van der Waals surface area contributed by atoms with Crippen LogP contribution in [0.3, 0.4) is 0 Å². The Morgan fingerprint density at radius 3 is 1.79 bits per heavy atom. The van der Waals surface area contributed by atoms with Gasteiger partial charge in [-0.1, -0.05) is 12.8 Å². The molecule has 0 aromatic rings. The van der Waals surface area contributed by atoms with Gasteiger partial charge in [0.1, 0.15) is 0 Å². The Hall–Kier alpha value is -1.06. The molecule has 2 saturated carbocycles. The third kappa shape index (κ3) is 1.21. The van der Waals surface area contributed by atoms with Gasteiger partial charge in [-0.2, -0.15) is 0 Å². The predicted octanol–water partition coefficient (Wildman–Crippen LogP) is 1.35. The van der Waals surface area contributed by atoms with Crippen LogP contribution in [0, 0.1) is 17.3 Å². The zero-order valence-electron chi connectivity index (χ0n) is 7.90. The van der Waals surface area contributed by atoms with E-state index in [0.29, 0.717) is 24.7 Å². The molecule has 2 rings (SSSR count). The SMILES string of the molecule is O=C(O)C1(C(=O)O)CC2CCC(C2)C1. The van der Waals surface area contributed by atoms with Crippen molar-refractivity contribution in [3.05, 3.63) is 0 Å². The Labute approximate surface area is 81.9 Å². The van der Waals surface area contributed by atoms with Crippen molar-refractivity contribution in [2.75, 3.05) is 0 Å². The van der Waals surface area contributed by atoms with Crippen molar-refractivity contribution in [1.29, 1.82) is 0 Å². The molecule has 0 aromatic carbocycles. The Morgan fingerprint density at radius 1 is 1.00 bits per heavy atom. The first-order valence-corrected chi connectivity index (χ1v) is 5.01. The Balaban J connectivity index is 2.29. The highest BCUT2D eigenvalue weighted by Crippen LogP contribution is 2.50. The van der Waals surface area contributed by atoms with Crippen molar-refractivity contribution in [1.82, 2.24) is 0 Å². The minimum absolute atomic E-state index is 0.320. The summed E-state index contributed by atoms with van der Waals surface area (Å²) in [4.78, 5) is 22.1. The van der Waals surface area contributed by atoms with E-state index in [9.17, 15) is 9.59 Å². The van der Waals surface area contributed by atoms with Gasteiger partial charge in [0.05, 0.1) is 0 Å². The van der Waals surface area contributed by atoms with Crippen molar-refractivity contribution in [2.24, 2.45) is 17.3 Å². The van der Waals surface area contributed by atoms with Crippen molar-refractivity contribution in [2.45, 2.75) is 32.1 Å². The van der Waals surface area contributed by atoms with Crippen LogP contribution in [0.2, 0.25) is 0 Å². The highest BCUT2D eigenvalue weighted by atomic mass is 16.4. The molecule has 4 nitrogen and oxygen atoms in total. The van der Waals surface area contributed by atoms with E-state index >= 15 is 0 Å². The van der Waals surface area contributed by atoms with Crippen molar-refractivity contribution < 1.29 is 19.8 Å². The molecule has 0 heterocycles. The number of hydrogen-bond acceptors (Lipinski definition) is 2. The first-order valence-electron chi connectivity index (χ1n) is 5.01. The van der Waals surface area contributed by atoms with E-state index in [1.807, 2.05) is 0 Å². The summed E-state index contributed by atoms with van der Waals surface area (Å²) in [7, 11) is 0.